The van der Waals surface area contributed by atoms with Gasteiger partial charge in [-0.05, 0) is 30.2 Å². The molecular weight excluding hydrogens is 366 g/mol. The number of benzene rings is 2. The summed E-state index contributed by atoms with van der Waals surface area (Å²) in [5, 5.41) is 0. The lowest BCUT2D eigenvalue weighted by molar-refractivity contribution is -0.128. The van der Waals surface area contributed by atoms with Crippen LogP contribution in [0, 0.1) is 0 Å². The zero-order chi connectivity index (χ0) is 20.6. The number of aliphatic imine (C=N–C) groups is 1. The number of Topliss-reactive ketones (excluding diaryl/α,β-unsaturated/α-hetero) is 1. The Morgan fingerprint density at radius 2 is 1.93 bits per heavy atom. The molecule has 1 unspecified atom stereocenters. The zero-order valence-corrected chi connectivity index (χ0v) is 16.3. The number of carbonyl (C=O) groups is 2. The number of nitrogens with two attached hydrogens (primary N) is 1. The van der Waals surface area contributed by atoms with Gasteiger partial charge in [-0.2, -0.15) is 0 Å². The standard InChI is InChI=1S/C22H21N5O2/c1-22(12-20(29)27(2)21(23)26-22)15-7-5-6-14(10-15)11-19(28)18-13-24-16-8-3-4-9-17(16)25-18/h3-10,13H,11-12H2,1-2H3,(H2,23,26). The molecule has 2 N–H and O–H groups in total. The van der Waals surface area contributed by atoms with Gasteiger partial charge in [0, 0.05) is 13.5 Å². The highest BCUT2D eigenvalue weighted by molar-refractivity contribution is 5.99. The molecule has 2 aromatic carbocycles. The first-order valence-corrected chi connectivity index (χ1v) is 9.32. The second kappa shape index (κ2) is 7.09. The van der Waals surface area contributed by atoms with Crippen molar-refractivity contribution in [3.63, 3.8) is 0 Å². The summed E-state index contributed by atoms with van der Waals surface area (Å²) >= 11 is 0. The van der Waals surface area contributed by atoms with Gasteiger partial charge in [-0.25, -0.2) is 9.98 Å². The molecule has 146 valence electrons. The topological polar surface area (TPSA) is 102 Å². The van der Waals surface area contributed by atoms with Crippen molar-refractivity contribution in [2.75, 3.05) is 7.05 Å². The van der Waals surface area contributed by atoms with Crippen LogP contribution in [0.25, 0.3) is 11.0 Å². The molecule has 2 heterocycles. The van der Waals surface area contributed by atoms with E-state index in [0.29, 0.717) is 11.2 Å². The number of hydrogen-bond acceptors (Lipinski definition) is 6. The van der Waals surface area contributed by atoms with Gasteiger partial charge in [-0.1, -0.05) is 36.4 Å². The Morgan fingerprint density at radius 3 is 2.69 bits per heavy atom. The molecular formula is C22H21N5O2. The normalized spacial score (nSPS) is 19.3. The van der Waals surface area contributed by atoms with Crippen molar-refractivity contribution < 1.29 is 9.59 Å². The molecule has 0 aliphatic carbocycles. The van der Waals surface area contributed by atoms with Crippen LogP contribution in [0.15, 0.2) is 59.7 Å². The molecule has 1 amide bonds. The maximum Gasteiger partial charge on any atom is 0.231 e. The lowest BCUT2D eigenvalue weighted by Crippen LogP contribution is -2.47. The summed E-state index contributed by atoms with van der Waals surface area (Å²) in [5.74, 6) is -0.0161. The van der Waals surface area contributed by atoms with Crippen LogP contribution >= 0.6 is 0 Å². The number of carbonyl (C=O) groups excluding carboxylic acids is 2. The van der Waals surface area contributed by atoms with Gasteiger partial charge in [0.15, 0.2) is 11.7 Å². The van der Waals surface area contributed by atoms with Crippen LogP contribution in [0.5, 0.6) is 0 Å². The third-order valence-electron chi connectivity index (χ3n) is 5.22. The molecule has 1 aliphatic heterocycles. The molecule has 0 bridgehead atoms. The third-order valence-corrected chi connectivity index (χ3v) is 5.22. The number of guanidine groups is 1. The summed E-state index contributed by atoms with van der Waals surface area (Å²) in [5.41, 5.74) is 8.59. The van der Waals surface area contributed by atoms with Crippen molar-refractivity contribution in [3.8, 4) is 0 Å². The molecule has 0 spiro atoms. The molecule has 0 saturated carbocycles. The SMILES string of the molecule is CN1C(=O)CC(C)(c2cccc(CC(=O)c3cnc4ccccc4n3)c2)N=C1N. The predicted molar refractivity (Wildman–Crippen MR) is 110 cm³/mol. The van der Waals surface area contributed by atoms with Gasteiger partial charge in [-0.15, -0.1) is 0 Å². The molecule has 0 saturated heterocycles. The molecule has 4 rings (SSSR count). The largest absolute Gasteiger partial charge is 0.369 e. The van der Waals surface area contributed by atoms with Crippen LogP contribution in [0.2, 0.25) is 0 Å². The highest BCUT2D eigenvalue weighted by atomic mass is 16.2. The van der Waals surface area contributed by atoms with E-state index in [1.165, 1.54) is 11.1 Å². The van der Waals surface area contributed by atoms with E-state index in [4.69, 9.17) is 5.73 Å². The number of fused-ring (bicyclic) bond motifs is 1. The number of aromatic nitrogens is 2. The Hall–Kier alpha value is -3.61. The Labute approximate surface area is 168 Å². The summed E-state index contributed by atoms with van der Waals surface area (Å²) in [6.45, 7) is 1.88. The average molecular weight is 387 g/mol. The smallest absolute Gasteiger partial charge is 0.231 e. The summed E-state index contributed by atoms with van der Waals surface area (Å²) in [4.78, 5) is 39.6. The van der Waals surface area contributed by atoms with Crippen LogP contribution in [0.3, 0.4) is 0 Å². The van der Waals surface area contributed by atoms with Gasteiger partial charge in [0.1, 0.15) is 5.69 Å². The summed E-state index contributed by atoms with van der Waals surface area (Å²) < 4.78 is 0. The predicted octanol–water partition coefficient (Wildman–Crippen LogP) is 2.45. The van der Waals surface area contributed by atoms with E-state index in [2.05, 4.69) is 15.0 Å². The second-order valence-corrected chi connectivity index (χ2v) is 7.42. The molecule has 7 nitrogen and oxygen atoms in total. The second-order valence-electron chi connectivity index (χ2n) is 7.42. The molecule has 29 heavy (non-hydrogen) atoms. The molecule has 0 radical (unpaired) electrons. The molecule has 1 atom stereocenters. The van der Waals surface area contributed by atoms with Gasteiger partial charge in [0.05, 0.1) is 29.2 Å². The van der Waals surface area contributed by atoms with Crippen molar-refractivity contribution in [3.05, 3.63) is 71.5 Å². The fourth-order valence-electron chi connectivity index (χ4n) is 3.46. The highest BCUT2D eigenvalue weighted by Crippen LogP contribution is 2.33. The van der Waals surface area contributed by atoms with Gasteiger partial charge in [-0.3, -0.25) is 19.5 Å². The number of ketones is 1. The Morgan fingerprint density at radius 1 is 1.17 bits per heavy atom. The Kier molecular flexibility index (Phi) is 4.58. The highest BCUT2D eigenvalue weighted by Gasteiger charge is 2.36. The van der Waals surface area contributed by atoms with Crippen LogP contribution in [0.1, 0.15) is 35.0 Å². The fourth-order valence-corrected chi connectivity index (χ4v) is 3.46. The van der Waals surface area contributed by atoms with Crippen molar-refractivity contribution in [1.29, 1.82) is 0 Å². The van der Waals surface area contributed by atoms with Crippen molar-refractivity contribution >= 4 is 28.7 Å². The van der Waals surface area contributed by atoms with Crippen molar-refractivity contribution in [2.45, 2.75) is 25.3 Å². The van der Waals surface area contributed by atoms with E-state index in [1.807, 2.05) is 55.5 Å². The molecule has 1 aromatic heterocycles. The first-order valence-electron chi connectivity index (χ1n) is 9.32. The Balaban J connectivity index is 1.60. The number of amides is 1. The summed E-state index contributed by atoms with van der Waals surface area (Å²) in [6.07, 6.45) is 1.91. The minimum Gasteiger partial charge on any atom is -0.369 e. The lowest BCUT2D eigenvalue weighted by Gasteiger charge is -2.33. The molecule has 3 aromatic rings. The zero-order valence-electron chi connectivity index (χ0n) is 16.3. The molecule has 7 heteroatoms. The van der Waals surface area contributed by atoms with E-state index in [9.17, 15) is 9.59 Å². The molecule has 0 fully saturated rings. The first-order chi connectivity index (χ1) is 13.9. The van der Waals surface area contributed by atoms with E-state index >= 15 is 0 Å². The number of rotatable bonds is 4. The average Bonchev–Trinajstić information content (AvgIpc) is 2.72. The lowest BCUT2D eigenvalue weighted by atomic mass is 9.86. The maximum atomic E-state index is 12.8. The quantitative estimate of drug-likeness (QED) is 0.693. The van der Waals surface area contributed by atoms with Crippen LogP contribution < -0.4 is 5.73 Å². The monoisotopic (exact) mass is 387 g/mol. The van der Waals surface area contributed by atoms with E-state index in [-0.39, 0.29) is 30.5 Å². The number of nitrogens with zero attached hydrogens (tertiary/aromatic N) is 4. The van der Waals surface area contributed by atoms with Crippen LogP contribution in [0.4, 0.5) is 0 Å². The maximum absolute atomic E-state index is 12.8. The fraction of sp³-hybridized carbons (Fsp3) is 0.227. The van der Waals surface area contributed by atoms with E-state index in [1.54, 1.807) is 7.05 Å². The van der Waals surface area contributed by atoms with E-state index in [0.717, 1.165) is 16.6 Å². The van der Waals surface area contributed by atoms with Crippen molar-refractivity contribution in [2.24, 2.45) is 10.7 Å². The summed E-state index contributed by atoms with van der Waals surface area (Å²) in [7, 11) is 1.61. The first kappa shape index (κ1) is 18.7. The van der Waals surface area contributed by atoms with Gasteiger partial charge < -0.3 is 5.73 Å². The van der Waals surface area contributed by atoms with Gasteiger partial charge >= 0.3 is 0 Å². The number of para-hydroxylation sites is 2. The van der Waals surface area contributed by atoms with Gasteiger partial charge in [0.25, 0.3) is 0 Å². The summed E-state index contributed by atoms with van der Waals surface area (Å²) in [6, 6.07) is 15.0. The molecule has 1 aliphatic rings. The van der Waals surface area contributed by atoms with Crippen LogP contribution in [-0.4, -0.2) is 39.6 Å². The minimum atomic E-state index is -0.754. The van der Waals surface area contributed by atoms with Crippen molar-refractivity contribution in [1.82, 2.24) is 14.9 Å². The van der Waals surface area contributed by atoms with Crippen LogP contribution in [-0.2, 0) is 16.8 Å². The Bertz CT molecular complexity index is 1160. The number of hydrogen-bond donors (Lipinski definition) is 1. The van der Waals surface area contributed by atoms with Gasteiger partial charge in [0.2, 0.25) is 5.91 Å². The third kappa shape index (κ3) is 3.59. The van der Waals surface area contributed by atoms with E-state index < -0.39 is 5.54 Å². The minimum absolute atomic E-state index is 0.0899.